The maximum Gasteiger partial charge on any atom is 0.173 e. The molecule has 0 amide bonds. The molecule has 21 heterocycles. The van der Waals surface area contributed by atoms with Crippen LogP contribution in [0.15, 0.2) is 219 Å². The third kappa shape index (κ3) is 47.3. The fraction of sp³-hybridized carbons (Fsp3) is 0.278. The molecule has 18 bridgehead atoms. The Hall–Kier alpha value is -8.56. The van der Waals surface area contributed by atoms with Crippen LogP contribution in [-0.2, 0) is 54.6 Å². The van der Waals surface area contributed by atoms with E-state index in [1.807, 2.05) is 72.8 Å². The zero-order valence-electron chi connectivity index (χ0n) is 59.7. The summed E-state index contributed by atoms with van der Waals surface area (Å²) in [5.41, 5.74) is 10.1. The van der Waals surface area contributed by atoms with Crippen molar-refractivity contribution in [2.24, 2.45) is 0 Å². The van der Waals surface area contributed by atoms with Gasteiger partial charge < -0.3 is 47.4 Å². The zero-order valence-corrected chi connectivity index (χ0v) is 63.2. The first-order valence-electron chi connectivity index (χ1n) is 33.8. The van der Waals surface area contributed by atoms with Crippen molar-refractivity contribution >= 4 is 52.8 Å². The van der Waals surface area contributed by atoms with E-state index in [9.17, 15) is 101 Å². The van der Waals surface area contributed by atoms with Gasteiger partial charge in [0.2, 0.25) is 0 Å². The van der Waals surface area contributed by atoms with E-state index in [0.29, 0.717) is 106 Å². The van der Waals surface area contributed by atoms with Gasteiger partial charge in [0.15, 0.2) is 75.8 Å². The van der Waals surface area contributed by atoms with Crippen LogP contribution < -0.4 is 37.2 Å². The van der Waals surface area contributed by atoms with Gasteiger partial charge in [0, 0.05) is 70.8 Å². The number of fused-ring (bicyclic) bond motifs is 4. The Balaban J connectivity index is 0.000000237. The van der Waals surface area contributed by atoms with Gasteiger partial charge in [0.25, 0.3) is 0 Å². The smallest absolute Gasteiger partial charge is 0.173 e. The summed E-state index contributed by atoms with van der Waals surface area (Å²) in [5.74, 6) is 3.13. The van der Waals surface area contributed by atoms with Crippen molar-refractivity contribution in [1.82, 2.24) is 0 Å². The molecule has 0 saturated heterocycles. The normalized spacial score (nSPS) is 17.4. The Morgan fingerprint density at radius 2 is 0.333 bits per heavy atom. The summed E-state index contributed by atoms with van der Waals surface area (Å²) in [6.07, 6.45) is 17.4. The van der Waals surface area contributed by atoms with Crippen molar-refractivity contribution in [2.75, 3.05) is 106 Å². The molecule has 27 rings (SSSR count). The van der Waals surface area contributed by atoms with Crippen molar-refractivity contribution in [1.29, 1.82) is 0 Å². The fourth-order valence-electron chi connectivity index (χ4n) is 10.1. The first kappa shape index (κ1) is 92.6. The van der Waals surface area contributed by atoms with Gasteiger partial charge in [0.1, 0.15) is 49.4 Å². The van der Waals surface area contributed by atoms with E-state index in [0.717, 1.165) is 70.7 Å². The molecule has 17 aliphatic rings. The molecule has 0 aliphatic carbocycles. The molecule has 17 aliphatic heterocycles. The predicted molar refractivity (Wildman–Crippen MR) is 383 cm³/mol. The molecule has 4 aromatic heterocycles. The predicted octanol–water partition coefficient (Wildman–Crippen LogP) is 23.5. The summed E-state index contributed by atoms with van der Waals surface area (Å²) in [4.78, 5) is 0. The van der Waals surface area contributed by atoms with Crippen molar-refractivity contribution in [2.45, 2.75) is 26.2 Å². The summed E-state index contributed by atoms with van der Waals surface area (Å²) in [6.45, 7) is 11.0. The minimum atomic E-state index is -10.7. The third-order valence-corrected chi connectivity index (χ3v) is 14.8. The van der Waals surface area contributed by atoms with Crippen LogP contribution in [0.5, 0.6) is 23.0 Å². The van der Waals surface area contributed by atoms with Crippen LogP contribution in [0.1, 0.15) is 22.3 Å². The fourth-order valence-corrected chi connectivity index (χ4v) is 10.1. The Morgan fingerprint density at radius 3 is 0.491 bits per heavy atom. The summed E-state index contributed by atoms with van der Waals surface area (Å²) in [7, 11) is -42.6. The number of hydrogen-bond acceptors (Lipinski definition) is 10. The molecule has 632 valence electrons. The molecule has 10 aromatic rings. The summed E-state index contributed by atoms with van der Waals surface area (Å²) in [6, 6.07) is 59.5. The monoisotopic (exact) mass is 1740 g/mol. The minimum Gasteiger partial charge on any atom is -0.491 e. The number of hydrogen-bond donors (Lipinski definition) is 0. The third-order valence-electron chi connectivity index (χ3n) is 14.8. The Kier molecular flexibility index (Phi) is 28.8. The van der Waals surface area contributed by atoms with E-state index in [1.54, 1.807) is 0 Å². The summed E-state index contributed by atoms with van der Waals surface area (Å²) in [5, 5.41) is 4.31. The van der Waals surface area contributed by atoms with Crippen LogP contribution >= 0.6 is 31.2 Å². The van der Waals surface area contributed by atoms with Gasteiger partial charge in [-0.15, -0.1) is 0 Å². The molecule has 14 nitrogen and oxygen atoms in total. The first-order chi connectivity index (χ1) is 52.4. The number of halogens is 24. The van der Waals surface area contributed by atoms with Gasteiger partial charge in [-0.2, -0.15) is 0 Å². The minimum absolute atomic E-state index is 0.449. The number of benzene rings is 6. The van der Waals surface area contributed by atoms with Crippen LogP contribution in [0.4, 0.5) is 101 Å². The number of nitrogens with zero attached hydrogens (tertiary/aromatic N) is 4. The van der Waals surface area contributed by atoms with Gasteiger partial charge in [-0.1, -0.05) is 72.8 Å². The molecular formula is C72H76F24N4O10P4. The second-order valence-corrected chi connectivity index (χ2v) is 32.6. The summed E-state index contributed by atoms with van der Waals surface area (Å²) < 4.78 is 303. The van der Waals surface area contributed by atoms with E-state index in [2.05, 4.69) is 165 Å². The second-order valence-electron chi connectivity index (χ2n) is 24.9. The summed E-state index contributed by atoms with van der Waals surface area (Å²) >= 11 is 0. The van der Waals surface area contributed by atoms with Crippen molar-refractivity contribution in [3.8, 4) is 45.3 Å². The average molecular weight is 1740 g/mol. The van der Waals surface area contributed by atoms with Crippen LogP contribution in [0, 0.1) is 0 Å². The molecule has 6 aromatic carbocycles. The van der Waals surface area contributed by atoms with Gasteiger partial charge >= 0.3 is 132 Å². The molecule has 0 radical (unpaired) electrons. The average Bonchev–Trinajstić information content (AvgIpc) is 0.797. The van der Waals surface area contributed by atoms with Gasteiger partial charge in [-0.3, -0.25) is 0 Å². The second kappa shape index (κ2) is 35.5. The van der Waals surface area contributed by atoms with E-state index < -0.39 is 31.2 Å². The quantitative estimate of drug-likeness (QED) is 0.0827. The number of aromatic nitrogens is 4. The van der Waals surface area contributed by atoms with Crippen molar-refractivity contribution in [3.05, 3.63) is 242 Å². The largest absolute Gasteiger partial charge is 0.491 e. The first-order valence-corrected chi connectivity index (χ1v) is 41.9. The molecule has 0 N–H and O–H groups in total. The van der Waals surface area contributed by atoms with E-state index in [-0.39, 0.29) is 0 Å². The Labute approximate surface area is 635 Å². The number of pyridine rings is 4. The topological polar surface area (TPSA) is 108 Å². The van der Waals surface area contributed by atoms with E-state index in [4.69, 9.17) is 47.4 Å². The van der Waals surface area contributed by atoms with Gasteiger partial charge in [-0.05, 0) is 92.3 Å². The maximum absolute atomic E-state index is 10.7. The molecule has 0 fully saturated rings. The molecule has 114 heavy (non-hydrogen) atoms. The van der Waals surface area contributed by atoms with Crippen molar-refractivity contribution < 1.29 is 166 Å². The van der Waals surface area contributed by atoms with Crippen LogP contribution in [0.2, 0.25) is 0 Å². The van der Waals surface area contributed by atoms with Crippen molar-refractivity contribution in [3.63, 3.8) is 0 Å². The van der Waals surface area contributed by atoms with E-state index >= 15 is 0 Å². The Bertz CT molecular complexity index is 4090. The molecular weight excluding hydrogens is 1660 g/mol. The molecule has 0 saturated carbocycles. The molecule has 42 heteroatoms. The number of rotatable bonds is 0. The van der Waals surface area contributed by atoms with Gasteiger partial charge in [0.05, 0.1) is 79.3 Å². The molecule has 0 spiro atoms. The molecule has 0 unspecified atom stereocenters. The van der Waals surface area contributed by atoms with Crippen LogP contribution in [0.3, 0.4) is 0 Å². The SMILES string of the molecule is F[P-](F)(F)(F)(F)F.F[P-](F)(F)(F)(F)F.F[P-](F)(F)(F)(F)F.F[P-](F)(F)(F)(F)F.c1cc2ccc1C[n+]1ccc(cc1)-c1cc[n+](cc1)Cc1ccc(cc1)C[n+]1ccc(cc1)-c1cc[n+](cc1)C2.c1cc2ccc3cc2cc1OCCOCCOCCOCCOc1ccc2ccc(cc2c1)OCCOCCOCCOCCO3. The van der Waals surface area contributed by atoms with E-state index in [1.165, 1.54) is 44.5 Å². The standard InChI is InChI=1S/C36H32N4.C36H44O10.4F6P/c1-2-30-4-3-29(1)25-37-17-9-33(10-18-37)35-13-21-39(22-14-35)27-31-5-7-32(8-6-31)28-40-23-15-36(16-24-40)34-11-19-38(26-30)20-12-34;1-5-33-25-31-26-34(6-2-29(1)31)44-22-18-40-14-10-38-12-16-42-20-24-46-36-8-4-30-3-7-35(27-32(30)28-36)45-23-19-41-15-11-37-9-13-39-17-21-43-33;4*1-7(2,3,4,5)6/h1-24H,25-28H2;1-8,25-28H,9-24H2;;;;/q+4;;4*-1. The van der Waals surface area contributed by atoms with Crippen LogP contribution in [-0.4, -0.2) is 106 Å². The molecule has 0 atom stereocenters. The van der Waals surface area contributed by atoms with Gasteiger partial charge in [-0.25, -0.2) is 18.3 Å². The maximum atomic E-state index is 9.87. The van der Waals surface area contributed by atoms with Crippen LogP contribution in [0.25, 0.3) is 43.8 Å². The zero-order chi connectivity index (χ0) is 83.8. The Morgan fingerprint density at radius 1 is 0.184 bits per heavy atom. The number of ether oxygens (including phenoxy) is 10.